The molecule has 8 heteroatoms. The van der Waals surface area contributed by atoms with Gasteiger partial charge < -0.3 is 5.32 Å². The van der Waals surface area contributed by atoms with Crippen molar-refractivity contribution in [1.82, 2.24) is 10.0 Å². The second-order valence-corrected chi connectivity index (χ2v) is 8.92. The van der Waals surface area contributed by atoms with Crippen molar-refractivity contribution in [3.8, 4) is 0 Å². The maximum absolute atomic E-state index is 13.8. The van der Waals surface area contributed by atoms with E-state index < -0.39 is 21.7 Å². The van der Waals surface area contributed by atoms with E-state index in [1.165, 1.54) is 18.2 Å². The number of rotatable bonds is 6. The van der Waals surface area contributed by atoms with Crippen LogP contribution >= 0.6 is 15.9 Å². The Kier molecular flexibility index (Phi) is 5.45. The van der Waals surface area contributed by atoms with Crippen LogP contribution in [0.1, 0.15) is 34.3 Å². The zero-order chi connectivity index (χ0) is 18.9. The molecule has 0 atom stereocenters. The third kappa shape index (κ3) is 4.49. The van der Waals surface area contributed by atoms with Crippen LogP contribution < -0.4 is 10.0 Å². The van der Waals surface area contributed by atoms with Gasteiger partial charge in [-0.15, -0.1) is 0 Å². The zero-order valence-corrected chi connectivity index (χ0v) is 16.5. The average molecular weight is 441 g/mol. The number of halogens is 2. The third-order valence-corrected chi connectivity index (χ3v) is 6.12. The van der Waals surface area contributed by atoms with Crippen molar-refractivity contribution in [2.24, 2.45) is 0 Å². The predicted molar refractivity (Wildman–Crippen MR) is 99.8 cm³/mol. The Morgan fingerprint density at radius 2 is 1.96 bits per heavy atom. The van der Waals surface area contributed by atoms with Crippen molar-refractivity contribution >= 4 is 31.9 Å². The van der Waals surface area contributed by atoms with E-state index in [1.807, 2.05) is 0 Å². The van der Waals surface area contributed by atoms with Crippen LogP contribution in [0.3, 0.4) is 0 Å². The fourth-order valence-corrected chi connectivity index (χ4v) is 4.19. The molecule has 0 bridgehead atoms. The van der Waals surface area contributed by atoms with E-state index >= 15 is 0 Å². The number of benzene rings is 2. The quantitative estimate of drug-likeness (QED) is 0.723. The molecule has 2 aromatic carbocycles. The summed E-state index contributed by atoms with van der Waals surface area (Å²) in [5, 5.41) is 2.64. The fourth-order valence-electron chi connectivity index (χ4n) is 2.45. The molecular weight excluding hydrogens is 423 g/mol. The van der Waals surface area contributed by atoms with Crippen LogP contribution in [0, 0.1) is 12.7 Å². The van der Waals surface area contributed by atoms with Gasteiger partial charge in [0.15, 0.2) is 0 Å². The van der Waals surface area contributed by atoms with Crippen molar-refractivity contribution in [1.29, 1.82) is 0 Å². The lowest BCUT2D eigenvalue weighted by Crippen LogP contribution is -2.27. The first kappa shape index (κ1) is 19.0. The molecule has 5 nitrogen and oxygen atoms in total. The highest BCUT2D eigenvalue weighted by Gasteiger charge is 2.28. The highest BCUT2D eigenvalue weighted by atomic mass is 79.9. The number of carbonyl (C=O) groups is 1. The summed E-state index contributed by atoms with van der Waals surface area (Å²) in [5.74, 6) is -0.875. The molecule has 1 amide bonds. The monoisotopic (exact) mass is 440 g/mol. The van der Waals surface area contributed by atoms with Crippen molar-refractivity contribution < 1.29 is 17.6 Å². The van der Waals surface area contributed by atoms with E-state index in [4.69, 9.17) is 0 Å². The van der Waals surface area contributed by atoms with E-state index in [0.29, 0.717) is 15.6 Å². The number of aryl methyl sites for hydroxylation is 1. The van der Waals surface area contributed by atoms with Gasteiger partial charge in [0, 0.05) is 28.2 Å². The Labute approximate surface area is 160 Å². The first-order chi connectivity index (χ1) is 12.3. The van der Waals surface area contributed by atoms with Crippen LogP contribution in [0.5, 0.6) is 0 Å². The molecule has 0 heterocycles. The molecule has 0 unspecified atom stereocenters. The maximum Gasteiger partial charge on any atom is 0.251 e. The van der Waals surface area contributed by atoms with Crippen LogP contribution in [0.15, 0.2) is 45.8 Å². The molecule has 0 aromatic heterocycles. The van der Waals surface area contributed by atoms with Crippen molar-refractivity contribution in [3.05, 3.63) is 63.4 Å². The van der Waals surface area contributed by atoms with E-state index in [2.05, 4.69) is 26.0 Å². The molecule has 1 fully saturated rings. The Bertz CT molecular complexity index is 959. The summed E-state index contributed by atoms with van der Waals surface area (Å²) < 4.78 is 41.8. The summed E-state index contributed by atoms with van der Waals surface area (Å²) >= 11 is 3.26. The highest BCUT2D eigenvalue weighted by molar-refractivity contribution is 9.10. The molecule has 2 N–H and O–H groups in total. The first-order valence-corrected chi connectivity index (χ1v) is 10.4. The fraction of sp³-hybridized carbons (Fsp3) is 0.278. The number of nitrogens with one attached hydrogen (secondary N) is 2. The van der Waals surface area contributed by atoms with E-state index in [1.54, 1.807) is 25.1 Å². The van der Waals surface area contributed by atoms with Gasteiger partial charge in [-0.3, -0.25) is 4.79 Å². The van der Waals surface area contributed by atoms with Gasteiger partial charge in [-0.25, -0.2) is 17.5 Å². The van der Waals surface area contributed by atoms with Crippen molar-refractivity contribution in [2.75, 3.05) is 0 Å². The van der Waals surface area contributed by atoms with Gasteiger partial charge in [-0.1, -0.05) is 22.0 Å². The Morgan fingerprint density at radius 1 is 1.23 bits per heavy atom. The first-order valence-electron chi connectivity index (χ1n) is 8.11. The second-order valence-electron chi connectivity index (χ2n) is 6.29. The summed E-state index contributed by atoms with van der Waals surface area (Å²) in [7, 11) is -3.65. The lowest BCUT2D eigenvalue weighted by atomic mass is 10.1. The Balaban J connectivity index is 1.78. The molecule has 26 heavy (non-hydrogen) atoms. The molecule has 3 rings (SSSR count). The summed E-state index contributed by atoms with van der Waals surface area (Å²) in [6, 6.07) is 8.88. The van der Waals surface area contributed by atoms with Crippen LogP contribution in [0.2, 0.25) is 0 Å². The van der Waals surface area contributed by atoms with Crippen LogP contribution in [-0.2, 0) is 16.6 Å². The van der Waals surface area contributed by atoms with Crippen molar-refractivity contribution in [2.45, 2.75) is 37.2 Å². The van der Waals surface area contributed by atoms with Gasteiger partial charge in [0.05, 0.1) is 4.90 Å². The van der Waals surface area contributed by atoms with Crippen LogP contribution in [0.25, 0.3) is 0 Å². The lowest BCUT2D eigenvalue weighted by Gasteiger charge is -2.11. The average Bonchev–Trinajstić information content (AvgIpc) is 3.39. The van der Waals surface area contributed by atoms with E-state index in [9.17, 15) is 17.6 Å². The number of carbonyl (C=O) groups excluding carboxylic acids is 1. The molecule has 1 aliphatic rings. The second kappa shape index (κ2) is 7.46. The largest absolute Gasteiger partial charge is 0.348 e. The molecule has 2 aromatic rings. The van der Waals surface area contributed by atoms with E-state index in [0.717, 1.165) is 12.8 Å². The van der Waals surface area contributed by atoms with Crippen LogP contribution in [0.4, 0.5) is 4.39 Å². The number of sulfonamides is 1. The van der Waals surface area contributed by atoms with Gasteiger partial charge in [0.2, 0.25) is 10.0 Å². The lowest BCUT2D eigenvalue weighted by molar-refractivity contribution is 0.0949. The predicted octanol–water partition coefficient (Wildman–Crippen LogP) is 3.27. The Morgan fingerprint density at radius 3 is 2.65 bits per heavy atom. The van der Waals surface area contributed by atoms with Gasteiger partial charge in [0.25, 0.3) is 5.91 Å². The standard InChI is InChI=1S/C18H18BrFN2O3S/c1-11-2-6-15(26(24,25)22-14-4-5-14)9-16(11)18(23)21-10-12-8-13(19)3-7-17(12)20/h2-3,6-9,14,22H,4-5,10H2,1H3,(H,21,23). The van der Waals surface area contributed by atoms with Gasteiger partial charge in [0.1, 0.15) is 5.82 Å². The molecular formula is C18H18BrFN2O3S. The van der Waals surface area contributed by atoms with Crippen molar-refractivity contribution in [3.63, 3.8) is 0 Å². The summed E-state index contributed by atoms with van der Waals surface area (Å²) in [6.45, 7) is 1.72. The van der Waals surface area contributed by atoms with Gasteiger partial charge in [-0.05, 0) is 55.7 Å². The number of amides is 1. The SMILES string of the molecule is Cc1ccc(S(=O)(=O)NC2CC2)cc1C(=O)NCc1cc(Br)ccc1F. The van der Waals surface area contributed by atoms with E-state index in [-0.39, 0.29) is 23.0 Å². The van der Waals surface area contributed by atoms with Gasteiger partial charge in [-0.2, -0.15) is 0 Å². The number of hydrogen-bond acceptors (Lipinski definition) is 3. The molecule has 1 aliphatic carbocycles. The molecule has 138 valence electrons. The molecule has 1 saturated carbocycles. The topological polar surface area (TPSA) is 75.3 Å². The summed E-state index contributed by atoms with van der Waals surface area (Å²) in [4.78, 5) is 12.5. The van der Waals surface area contributed by atoms with Gasteiger partial charge >= 0.3 is 0 Å². The third-order valence-electron chi connectivity index (χ3n) is 4.11. The normalized spacial score (nSPS) is 14.3. The van der Waals surface area contributed by atoms with Crippen LogP contribution in [-0.4, -0.2) is 20.4 Å². The maximum atomic E-state index is 13.8. The number of hydrogen-bond donors (Lipinski definition) is 2. The summed E-state index contributed by atoms with van der Waals surface area (Å²) in [5.41, 5.74) is 1.23. The molecule has 0 spiro atoms. The minimum Gasteiger partial charge on any atom is -0.348 e. The zero-order valence-electron chi connectivity index (χ0n) is 14.1. The minimum atomic E-state index is -3.65. The molecule has 0 radical (unpaired) electrons. The summed E-state index contributed by atoms with van der Waals surface area (Å²) in [6.07, 6.45) is 1.66. The molecule has 0 saturated heterocycles. The Hall–Kier alpha value is -1.77. The minimum absolute atomic E-state index is 0.000842. The highest BCUT2D eigenvalue weighted by Crippen LogP contribution is 2.23. The molecule has 0 aliphatic heterocycles. The smallest absolute Gasteiger partial charge is 0.251 e.